The minimum absolute atomic E-state index is 0. The van der Waals surface area contributed by atoms with Crippen LogP contribution in [0.3, 0.4) is 0 Å². The van der Waals surface area contributed by atoms with E-state index in [1.54, 1.807) is 18.2 Å². The van der Waals surface area contributed by atoms with Crippen molar-refractivity contribution in [2.24, 2.45) is 0 Å². The standard InChI is InChI=1S/C18H18FNO2.K/c1-18(2,11-21)17-10-14-15(4-3-5-16(14)22)20(17)13-8-6-12(19)7-9-13;/h3-10,21-22H,11H2,1-2H3;/q;+1/p-1. The maximum Gasteiger partial charge on any atom is 1.00 e. The van der Waals surface area contributed by atoms with Gasteiger partial charge in [0.15, 0.2) is 0 Å². The van der Waals surface area contributed by atoms with Gasteiger partial charge < -0.3 is 14.8 Å². The molecule has 0 aliphatic heterocycles. The molecular weight excluding hydrogens is 320 g/mol. The van der Waals surface area contributed by atoms with E-state index in [1.807, 2.05) is 30.5 Å². The van der Waals surface area contributed by atoms with Gasteiger partial charge >= 0.3 is 51.4 Å². The first kappa shape index (κ1) is 18.6. The monoisotopic (exact) mass is 337 g/mol. The van der Waals surface area contributed by atoms with Crippen LogP contribution in [0, 0.1) is 5.82 Å². The molecule has 1 heterocycles. The summed E-state index contributed by atoms with van der Waals surface area (Å²) < 4.78 is 15.1. The number of aliphatic hydroxyl groups excluding tert-OH is 1. The summed E-state index contributed by atoms with van der Waals surface area (Å²) in [4.78, 5) is 0. The predicted molar refractivity (Wildman–Crippen MR) is 82.8 cm³/mol. The number of benzene rings is 2. The molecule has 0 aliphatic rings. The molecule has 2 aromatic carbocycles. The van der Waals surface area contributed by atoms with Gasteiger partial charge in [0, 0.05) is 16.8 Å². The molecule has 23 heavy (non-hydrogen) atoms. The molecule has 0 atom stereocenters. The number of hydrogen-bond donors (Lipinski definition) is 1. The van der Waals surface area contributed by atoms with Crippen molar-refractivity contribution in [1.82, 2.24) is 4.57 Å². The Labute approximate surface area is 177 Å². The fourth-order valence-corrected chi connectivity index (χ4v) is 2.65. The van der Waals surface area contributed by atoms with E-state index < -0.39 is 5.41 Å². The van der Waals surface area contributed by atoms with Crippen LogP contribution in [0.2, 0.25) is 0 Å². The Balaban J connectivity index is 0.00000192. The Bertz CT molecular complexity index is 825. The van der Waals surface area contributed by atoms with Crippen molar-refractivity contribution in [3.63, 3.8) is 0 Å². The third kappa shape index (κ3) is 3.40. The zero-order valence-electron chi connectivity index (χ0n) is 13.5. The Hall–Kier alpha value is -0.694. The van der Waals surface area contributed by atoms with Gasteiger partial charge in [-0.2, -0.15) is 0 Å². The Morgan fingerprint density at radius 2 is 1.78 bits per heavy atom. The van der Waals surface area contributed by atoms with E-state index in [4.69, 9.17) is 0 Å². The van der Waals surface area contributed by atoms with Gasteiger partial charge in [0.25, 0.3) is 0 Å². The van der Waals surface area contributed by atoms with Gasteiger partial charge in [-0.05, 0) is 41.8 Å². The first-order valence-electron chi connectivity index (χ1n) is 7.13. The molecule has 5 heteroatoms. The van der Waals surface area contributed by atoms with Gasteiger partial charge in [-0.15, -0.1) is 0 Å². The molecule has 0 bridgehead atoms. The number of hydrogen-bond acceptors (Lipinski definition) is 2. The molecule has 0 saturated carbocycles. The Kier molecular flexibility index (Phi) is 5.71. The molecule has 0 spiro atoms. The number of halogens is 1. The van der Waals surface area contributed by atoms with Crippen molar-refractivity contribution in [2.45, 2.75) is 19.3 Å². The largest absolute Gasteiger partial charge is 1.00 e. The fraction of sp³-hybridized carbons (Fsp3) is 0.222. The molecule has 0 radical (unpaired) electrons. The van der Waals surface area contributed by atoms with E-state index in [0.29, 0.717) is 5.39 Å². The summed E-state index contributed by atoms with van der Waals surface area (Å²) >= 11 is 0. The summed E-state index contributed by atoms with van der Waals surface area (Å²) in [5.41, 5.74) is 1.81. The van der Waals surface area contributed by atoms with E-state index >= 15 is 0 Å². The first-order valence-corrected chi connectivity index (χ1v) is 7.13. The van der Waals surface area contributed by atoms with Crippen molar-refractivity contribution in [3.05, 3.63) is 60.0 Å². The minimum atomic E-state index is -0.528. The van der Waals surface area contributed by atoms with Crippen molar-refractivity contribution >= 4 is 10.9 Å². The predicted octanol–water partition coefficient (Wildman–Crippen LogP) is 0.117. The maximum absolute atomic E-state index is 13.2. The van der Waals surface area contributed by atoms with Crippen LogP contribution in [0.25, 0.3) is 16.6 Å². The van der Waals surface area contributed by atoms with E-state index in [0.717, 1.165) is 16.9 Å². The fourth-order valence-electron chi connectivity index (χ4n) is 2.65. The second-order valence-corrected chi connectivity index (χ2v) is 6.07. The number of nitrogens with zero attached hydrogens (tertiary/aromatic N) is 1. The average Bonchev–Trinajstić information content (AvgIpc) is 2.90. The average molecular weight is 337 g/mol. The summed E-state index contributed by atoms with van der Waals surface area (Å²) in [6, 6.07) is 13.0. The van der Waals surface area contributed by atoms with Gasteiger partial charge in [-0.3, -0.25) is 0 Å². The van der Waals surface area contributed by atoms with E-state index in [-0.39, 0.29) is 69.6 Å². The molecule has 3 aromatic rings. The van der Waals surface area contributed by atoms with Gasteiger partial charge in [-0.25, -0.2) is 4.39 Å². The Morgan fingerprint density at radius 1 is 1.13 bits per heavy atom. The summed E-state index contributed by atoms with van der Waals surface area (Å²) in [6.07, 6.45) is 0. The van der Waals surface area contributed by atoms with Crippen molar-refractivity contribution < 1.29 is 66.0 Å². The second-order valence-electron chi connectivity index (χ2n) is 6.07. The van der Waals surface area contributed by atoms with Crippen molar-refractivity contribution in [2.75, 3.05) is 6.61 Å². The second kappa shape index (κ2) is 7.05. The van der Waals surface area contributed by atoms with Gasteiger partial charge in [0.2, 0.25) is 0 Å². The van der Waals surface area contributed by atoms with Gasteiger partial charge in [0.1, 0.15) is 5.82 Å². The topological polar surface area (TPSA) is 48.2 Å². The molecule has 1 aromatic heterocycles. The molecule has 3 nitrogen and oxygen atoms in total. The maximum atomic E-state index is 13.2. The van der Waals surface area contributed by atoms with Crippen LogP contribution in [-0.2, 0) is 5.41 Å². The van der Waals surface area contributed by atoms with Crippen LogP contribution in [0.1, 0.15) is 19.5 Å². The number of aliphatic hydroxyl groups is 1. The van der Waals surface area contributed by atoms with Crippen LogP contribution in [-0.4, -0.2) is 16.3 Å². The summed E-state index contributed by atoms with van der Waals surface area (Å²) in [7, 11) is 0. The number of rotatable bonds is 3. The zero-order valence-corrected chi connectivity index (χ0v) is 16.6. The molecule has 114 valence electrons. The third-order valence-electron chi connectivity index (χ3n) is 3.98. The minimum Gasteiger partial charge on any atom is -0.872 e. The van der Waals surface area contributed by atoms with Crippen molar-refractivity contribution in [1.29, 1.82) is 0 Å². The smallest absolute Gasteiger partial charge is 0.872 e. The van der Waals surface area contributed by atoms with E-state index in [9.17, 15) is 14.6 Å². The van der Waals surface area contributed by atoms with Crippen LogP contribution in [0.15, 0.2) is 48.5 Å². The molecule has 1 N–H and O–H groups in total. The third-order valence-corrected chi connectivity index (χ3v) is 3.98. The number of fused-ring (bicyclic) bond motifs is 1. The molecule has 0 unspecified atom stereocenters. The van der Waals surface area contributed by atoms with Gasteiger partial charge in [-0.1, -0.05) is 31.7 Å². The van der Waals surface area contributed by atoms with Gasteiger partial charge in [0.05, 0.1) is 12.1 Å². The molecular formula is C18H17FKNO2. The Morgan fingerprint density at radius 3 is 2.39 bits per heavy atom. The quantitative estimate of drug-likeness (QED) is 0.690. The van der Waals surface area contributed by atoms with Crippen LogP contribution >= 0.6 is 0 Å². The van der Waals surface area contributed by atoms with Crippen molar-refractivity contribution in [3.8, 4) is 11.4 Å². The van der Waals surface area contributed by atoms with Crippen LogP contribution in [0.4, 0.5) is 4.39 Å². The summed E-state index contributed by atoms with van der Waals surface area (Å²) in [6.45, 7) is 3.76. The van der Waals surface area contributed by atoms with E-state index in [1.165, 1.54) is 18.2 Å². The molecule has 0 amide bonds. The normalized spacial score (nSPS) is 11.5. The van der Waals surface area contributed by atoms with Crippen LogP contribution in [0.5, 0.6) is 5.75 Å². The molecule has 0 saturated heterocycles. The summed E-state index contributed by atoms with van der Waals surface area (Å²) in [5, 5.41) is 22.4. The van der Waals surface area contributed by atoms with Crippen LogP contribution < -0.4 is 56.5 Å². The number of aromatic nitrogens is 1. The molecule has 0 aliphatic carbocycles. The summed E-state index contributed by atoms with van der Waals surface area (Å²) in [5.74, 6) is -0.374. The first-order chi connectivity index (χ1) is 10.4. The SMILES string of the molecule is CC(C)(CO)c1cc2c([O-])cccc2n1-c1ccc(F)cc1.[K+]. The van der Waals surface area contributed by atoms with E-state index in [2.05, 4.69) is 0 Å². The molecule has 3 rings (SSSR count). The molecule has 0 fully saturated rings. The zero-order chi connectivity index (χ0) is 15.9.